The Kier molecular flexibility index (Phi) is 3.33. The lowest BCUT2D eigenvalue weighted by atomic mass is 10.0. The zero-order valence-electron chi connectivity index (χ0n) is 11.6. The maximum Gasteiger partial charge on any atom is 0.337 e. The number of hydrogen-bond donors (Lipinski definition) is 1. The molecule has 0 atom stereocenters. The molecule has 18 heavy (non-hydrogen) atoms. The zero-order chi connectivity index (χ0) is 13.3. The van der Waals surface area contributed by atoms with Gasteiger partial charge >= 0.3 is 5.97 Å². The molecule has 0 heterocycles. The lowest BCUT2D eigenvalue weighted by Gasteiger charge is -2.24. The Bertz CT molecular complexity index is 472. The van der Waals surface area contributed by atoms with Gasteiger partial charge in [0, 0.05) is 11.2 Å². The normalized spacial score (nSPS) is 14.2. The van der Waals surface area contributed by atoms with Crippen molar-refractivity contribution in [1.29, 1.82) is 0 Å². The fraction of sp³-hybridized carbons (Fsp3) is 0.533. The van der Waals surface area contributed by atoms with Gasteiger partial charge in [0.2, 0.25) is 0 Å². The predicted octanol–water partition coefficient (Wildman–Crippen LogP) is 3.17. The molecule has 0 radical (unpaired) electrons. The van der Waals surface area contributed by atoms with Crippen molar-refractivity contribution in [2.45, 2.75) is 45.6 Å². The van der Waals surface area contributed by atoms with E-state index in [4.69, 9.17) is 4.74 Å². The topological polar surface area (TPSA) is 38.3 Å². The minimum atomic E-state index is -0.262. The molecule has 1 aromatic rings. The van der Waals surface area contributed by atoms with Gasteiger partial charge in [-0.2, -0.15) is 0 Å². The van der Waals surface area contributed by atoms with Crippen molar-refractivity contribution in [3.05, 3.63) is 28.8 Å². The number of ether oxygens (including phenoxy) is 1. The minimum Gasteiger partial charge on any atom is -0.465 e. The summed E-state index contributed by atoms with van der Waals surface area (Å²) < 4.78 is 4.81. The highest BCUT2D eigenvalue weighted by Gasteiger charge is 2.21. The van der Waals surface area contributed by atoms with Gasteiger partial charge < -0.3 is 10.1 Å². The second kappa shape index (κ2) is 4.63. The van der Waals surface area contributed by atoms with Crippen molar-refractivity contribution in [2.24, 2.45) is 0 Å². The van der Waals surface area contributed by atoms with Gasteiger partial charge in [0.05, 0.1) is 12.7 Å². The number of hydrogen-bond acceptors (Lipinski definition) is 3. The first-order chi connectivity index (χ1) is 8.40. The van der Waals surface area contributed by atoms with E-state index >= 15 is 0 Å². The molecule has 1 aliphatic rings. The number of aryl methyl sites for hydroxylation is 1. The Balaban J connectivity index is 2.44. The monoisotopic (exact) mass is 247 g/mol. The van der Waals surface area contributed by atoms with Crippen molar-refractivity contribution in [1.82, 2.24) is 0 Å². The molecule has 0 saturated heterocycles. The molecule has 1 N–H and O–H groups in total. The minimum absolute atomic E-state index is 0.00883. The average Bonchev–Trinajstić information content (AvgIpc) is 2.74. The van der Waals surface area contributed by atoms with E-state index < -0.39 is 0 Å². The summed E-state index contributed by atoms with van der Waals surface area (Å²) in [5.74, 6) is -0.262. The molecular formula is C15H21NO2. The number of carbonyl (C=O) groups is 1. The van der Waals surface area contributed by atoms with Crippen LogP contribution in [-0.2, 0) is 17.6 Å². The Hall–Kier alpha value is -1.51. The van der Waals surface area contributed by atoms with Crippen molar-refractivity contribution < 1.29 is 9.53 Å². The SMILES string of the molecule is COC(=O)c1cc2c(c(NC(C)(C)C)c1)CCC2. The number of carbonyl (C=O) groups excluding carboxylic acids is 1. The number of methoxy groups -OCH3 is 1. The first kappa shape index (κ1) is 12.9. The van der Waals surface area contributed by atoms with E-state index in [1.165, 1.54) is 24.7 Å². The van der Waals surface area contributed by atoms with Gasteiger partial charge in [-0.15, -0.1) is 0 Å². The van der Waals surface area contributed by atoms with E-state index in [1.54, 1.807) is 0 Å². The van der Waals surface area contributed by atoms with Crippen LogP contribution in [0.15, 0.2) is 12.1 Å². The molecule has 1 aliphatic carbocycles. The van der Waals surface area contributed by atoms with Crippen molar-refractivity contribution in [3.63, 3.8) is 0 Å². The van der Waals surface area contributed by atoms with E-state index in [0.29, 0.717) is 5.56 Å². The molecule has 0 aliphatic heterocycles. The molecule has 0 unspecified atom stereocenters. The summed E-state index contributed by atoms with van der Waals surface area (Å²) in [7, 11) is 1.42. The number of nitrogens with one attached hydrogen (secondary N) is 1. The van der Waals surface area contributed by atoms with Gasteiger partial charge in [0.15, 0.2) is 0 Å². The highest BCUT2D eigenvalue weighted by atomic mass is 16.5. The van der Waals surface area contributed by atoms with Gasteiger partial charge in [-0.1, -0.05) is 0 Å². The molecule has 0 aromatic heterocycles. The average molecular weight is 247 g/mol. The molecule has 0 amide bonds. The lowest BCUT2D eigenvalue weighted by Crippen LogP contribution is -2.27. The van der Waals surface area contributed by atoms with Crippen molar-refractivity contribution in [2.75, 3.05) is 12.4 Å². The third-order valence-corrected chi connectivity index (χ3v) is 3.15. The van der Waals surface area contributed by atoms with Crippen LogP contribution in [0.4, 0.5) is 5.69 Å². The van der Waals surface area contributed by atoms with E-state index in [2.05, 4.69) is 26.1 Å². The largest absolute Gasteiger partial charge is 0.465 e. The maximum absolute atomic E-state index is 11.7. The van der Waals surface area contributed by atoms with Gasteiger partial charge in [-0.3, -0.25) is 0 Å². The molecule has 0 saturated carbocycles. The van der Waals surface area contributed by atoms with Gasteiger partial charge in [-0.25, -0.2) is 4.79 Å². The Morgan fingerprint density at radius 3 is 2.61 bits per heavy atom. The van der Waals surface area contributed by atoms with Crippen LogP contribution in [0.5, 0.6) is 0 Å². The van der Waals surface area contributed by atoms with Crippen LogP contribution in [0.2, 0.25) is 0 Å². The molecule has 3 nitrogen and oxygen atoms in total. The van der Waals surface area contributed by atoms with E-state index in [0.717, 1.165) is 18.5 Å². The molecular weight excluding hydrogens is 226 g/mol. The van der Waals surface area contributed by atoms with E-state index in [1.807, 2.05) is 12.1 Å². The molecule has 1 aromatic carbocycles. The number of rotatable bonds is 2. The summed E-state index contributed by atoms with van der Waals surface area (Å²) >= 11 is 0. The smallest absolute Gasteiger partial charge is 0.337 e. The third-order valence-electron chi connectivity index (χ3n) is 3.15. The molecule has 2 rings (SSSR count). The second-order valence-corrected chi connectivity index (χ2v) is 5.88. The number of anilines is 1. The highest BCUT2D eigenvalue weighted by Crippen LogP contribution is 2.32. The van der Waals surface area contributed by atoms with Crippen LogP contribution in [0, 0.1) is 0 Å². The molecule has 98 valence electrons. The second-order valence-electron chi connectivity index (χ2n) is 5.88. The summed E-state index contributed by atoms with van der Waals surface area (Å²) in [5, 5.41) is 3.49. The Morgan fingerprint density at radius 2 is 2.00 bits per heavy atom. The first-order valence-corrected chi connectivity index (χ1v) is 6.43. The number of esters is 1. The van der Waals surface area contributed by atoms with Crippen LogP contribution in [0.1, 0.15) is 48.7 Å². The van der Waals surface area contributed by atoms with Gasteiger partial charge in [-0.05, 0) is 63.3 Å². The summed E-state index contributed by atoms with van der Waals surface area (Å²) in [6.45, 7) is 6.37. The Labute approximate surface area is 109 Å². The van der Waals surface area contributed by atoms with E-state index in [9.17, 15) is 4.79 Å². The zero-order valence-corrected chi connectivity index (χ0v) is 11.6. The molecule has 0 bridgehead atoms. The maximum atomic E-state index is 11.7. The quantitative estimate of drug-likeness (QED) is 0.816. The predicted molar refractivity (Wildman–Crippen MR) is 73.2 cm³/mol. The van der Waals surface area contributed by atoms with Crippen LogP contribution in [0.25, 0.3) is 0 Å². The summed E-state index contributed by atoms with van der Waals surface area (Å²) in [5.41, 5.74) is 4.36. The lowest BCUT2D eigenvalue weighted by molar-refractivity contribution is 0.0600. The molecule has 0 fully saturated rings. The summed E-state index contributed by atoms with van der Waals surface area (Å²) in [6, 6.07) is 3.89. The number of benzene rings is 1. The number of fused-ring (bicyclic) bond motifs is 1. The third kappa shape index (κ3) is 2.66. The fourth-order valence-corrected chi connectivity index (χ4v) is 2.46. The van der Waals surface area contributed by atoms with Crippen LogP contribution >= 0.6 is 0 Å². The van der Waals surface area contributed by atoms with Crippen molar-refractivity contribution in [3.8, 4) is 0 Å². The van der Waals surface area contributed by atoms with Crippen LogP contribution in [-0.4, -0.2) is 18.6 Å². The molecule has 3 heteroatoms. The highest BCUT2D eigenvalue weighted by molar-refractivity contribution is 5.91. The first-order valence-electron chi connectivity index (χ1n) is 6.43. The van der Waals surface area contributed by atoms with Gasteiger partial charge in [0.25, 0.3) is 0 Å². The van der Waals surface area contributed by atoms with Gasteiger partial charge in [0.1, 0.15) is 0 Å². The summed E-state index contributed by atoms with van der Waals surface area (Å²) in [6.07, 6.45) is 3.31. The van der Waals surface area contributed by atoms with Crippen molar-refractivity contribution >= 4 is 11.7 Å². The Morgan fingerprint density at radius 1 is 1.28 bits per heavy atom. The van der Waals surface area contributed by atoms with Crippen LogP contribution in [0.3, 0.4) is 0 Å². The van der Waals surface area contributed by atoms with E-state index in [-0.39, 0.29) is 11.5 Å². The fourth-order valence-electron chi connectivity index (χ4n) is 2.46. The molecule has 0 spiro atoms. The standard InChI is InChI=1S/C15H21NO2/c1-15(2,3)16-13-9-11(14(17)18-4)8-10-6-5-7-12(10)13/h8-9,16H,5-7H2,1-4H3. The summed E-state index contributed by atoms with van der Waals surface area (Å²) in [4.78, 5) is 11.7. The van der Waals surface area contributed by atoms with Crippen LogP contribution < -0.4 is 5.32 Å².